The summed E-state index contributed by atoms with van der Waals surface area (Å²) in [5.74, 6) is 0. The van der Waals surface area contributed by atoms with Gasteiger partial charge in [0.15, 0.2) is 6.29 Å². The largest absolute Gasteiger partial charge is 0.296 e. The van der Waals surface area contributed by atoms with Crippen LogP contribution in [0.1, 0.15) is 10.5 Å². The summed E-state index contributed by atoms with van der Waals surface area (Å²) in [5, 5.41) is 11.5. The third-order valence-electron chi connectivity index (χ3n) is 1.73. The van der Waals surface area contributed by atoms with Crippen LogP contribution in [0.25, 0.3) is 5.69 Å². The van der Waals surface area contributed by atoms with E-state index in [1.807, 2.05) is 0 Å². The van der Waals surface area contributed by atoms with Crippen molar-refractivity contribution in [2.24, 2.45) is 7.05 Å². The lowest BCUT2D eigenvalue weighted by Crippen LogP contribution is -1.95. The topological polar surface area (TPSA) is 65.6 Å². The fraction of sp³-hybridized carbons (Fsp3) is 0.143. The third-order valence-corrected chi connectivity index (χ3v) is 2.65. The van der Waals surface area contributed by atoms with Gasteiger partial charge in [-0.15, -0.1) is 5.10 Å². The highest BCUT2D eigenvalue weighted by Gasteiger charge is 2.09. The predicted octanol–water partition coefficient (Wildman–Crippen LogP) is 0.576. The summed E-state index contributed by atoms with van der Waals surface area (Å²) in [4.78, 5) is 10.4. The summed E-state index contributed by atoms with van der Waals surface area (Å²) >= 11 is 3.34. The van der Waals surface area contributed by atoms with Gasteiger partial charge in [0.05, 0.1) is 12.4 Å². The molecule has 2 heterocycles. The Hall–Kier alpha value is -1.50. The Morgan fingerprint density at radius 1 is 1.57 bits per heavy atom. The summed E-state index contributed by atoms with van der Waals surface area (Å²) in [5.41, 5.74) is 1.04. The molecular weight excluding hydrogens is 250 g/mol. The Morgan fingerprint density at radius 2 is 2.36 bits per heavy atom. The molecule has 0 N–H and O–H groups in total. The van der Waals surface area contributed by atoms with Crippen LogP contribution in [-0.2, 0) is 7.05 Å². The number of halogens is 1. The van der Waals surface area contributed by atoms with Gasteiger partial charge in [0.25, 0.3) is 0 Å². The standard InChI is InChI=1S/C7H6BrN5O/c1-12-7(8)6(2-9-12)13-3-5(4-14)10-11-13/h2-4H,1H3. The molecule has 0 spiro atoms. The number of nitrogens with zero attached hydrogens (tertiary/aromatic N) is 5. The van der Waals surface area contributed by atoms with E-state index in [0.29, 0.717) is 12.0 Å². The molecule has 0 saturated heterocycles. The number of hydrogen-bond acceptors (Lipinski definition) is 4. The molecule has 2 rings (SSSR count). The van der Waals surface area contributed by atoms with Crippen molar-refractivity contribution in [3.8, 4) is 5.69 Å². The van der Waals surface area contributed by atoms with Crippen LogP contribution in [0.4, 0.5) is 0 Å². The van der Waals surface area contributed by atoms with Crippen molar-refractivity contribution in [2.75, 3.05) is 0 Å². The summed E-state index contributed by atoms with van der Waals surface area (Å²) in [6.07, 6.45) is 3.82. The minimum absolute atomic E-state index is 0.292. The first kappa shape index (κ1) is 9.07. The number of carbonyl (C=O) groups is 1. The molecule has 0 bridgehead atoms. The van der Waals surface area contributed by atoms with Crippen molar-refractivity contribution < 1.29 is 4.79 Å². The maximum absolute atomic E-state index is 10.4. The minimum Gasteiger partial charge on any atom is -0.296 e. The molecule has 7 heteroatoms. The molecular formula is C7H6BrN5O. The Balaban J connectivity index is 2.49. The Bertz CT molecular complexity index is 474. The van der Waals surface area contributed by atoms with E-state index >= 15 is 0 Å². The zero-order chi connectivity index (χ0) is 10.1. The van der Waals surface area contributed by atoms with Crippen LogP contribution in [0.15, 0.2) is 17.0 Å². The van der Waals surface area contributed by atoms with Gasteiger partial charge in [0.1, 0.15) is 16.0 Å². The van der Waals surface area contributed by atoms with E-state index in [1.165, 1.54) is 10.9 Å². The number of aromatic nitrogens is 5. The van der Waals surface area contributed by atoms with E-state index in [0.717, 1.165) is 10.3 Å². The lowest BCUT2D eigenvalue weighted by atomic mass is 10.5. The number of rotatable bonds is 2. The van der Waals surface area contributed by atoms with Crippen LogP contribution in [0.3, 0.4) is 0 Å². The van der Waals surface area contributed by atoms with Gasteiger partial charge in [0, 0.05) is 7.05 Å². The monoisotopic (exact) mass is 255 g/mol. The molecule has 0 radical (unpaired) electrons. The molecule has 2 aromatic rings. The van der Waals surface area contributed by atoms with Crippen molar-refractivity contribution in [3.05, 3.63) is 22.7 Å². The lowest BCUT2D eigenvalue weighted by Gasteiger charge is -1.95. The van der Waals surface area contributed by atoms with E-state index in [2.05, 4.69) is 31.3 Å². The van der Waals surface area contributed by atoms with Gasteiger partial charge in [-0.05, 0) is 15.9 Å². The fourth-order valence-electron chi connectivity index (χ4n) is 1.01. The zero-order valence-electron chi connectivity index (χ0n) is 7.25. The zero-order valence-corrected chi connectivity index (χ0v) is 8.84. The quantitative estimate of drug-likeness (QED) is 0.737. The van der Waals surface area contributed by atoms with Crippen LogP contribution >= 0.6 is 15.9 Å². The van der Waals surface area contributed by atoms with Crippen LogP contribution in [0.2, 0.25) is 0 Å². The van der Waals surface area contributed by atoms with E-state index in [4.69, 9.17) is 0 Å². The average molecular weight is 256 g/mol. The van der Waals surface area contributed by atoms with Crippen molar-refractivity contribution in [1.29, 1.82) is 0 Å². The van der Waals surface area contributed by atoms with Gasteiger partial charge in [-0.1, -0.05) is 5.21 Å². The SMILES string of the molecule is Cn1ncc(-n2cc(C=O)nn2)c1Br. The molecule has 0 atom stereocenters. The van der Waals surface area contributed by atoms with E-state index in [9.17, 15) is 4.79 Å². The molecule has 0 aromatic carbocycles. The fourth-order valence-corrected chi connectivity index (χ4v) is 1.39. The first-order valence-corrected chi connectivity index (χ1v) is 4.57. The van der Waals surface area contributed by atoms with Gasteiger partial charge in [0.2, 0.25) is 0 Å². The van der Waals surface area contributed by atoms with Gasteiger partial charge in [-0.3, -0.25) is 9.48 Å². The van der Waals surface area contributed by atoms with Gasteiger partial charge in [-0.2, -0.15) is 5.10 Å². The number of carbonyl (C=O) groups excluding carboxylic acids is 1. The molecule has 0 aliphatic carbocycles. The molecule has 6 nitrogen and oxygen atoms in total. The van der Waals surface area contributed by atoms with Crippen molar-refractivity contribution in [1.82, 2.24) is 24.8 Å². The summed E-state index contributed by atoms with van der Waals surface area (Å²) < 4.78 is 3.91. The number of aryl methyl sites for hydroxylation is 1. The van der Waals surface area contributed by atoms with Crippen molar-refractivity contribution in [2.45, 2.75) is 0 Å². The molecule has 72 valence electrons. The molecule has 0 unspecified atom stereocenters. The molecule has 0 fully saturated rings. The Kier molecular flexibility index (Phi) is 2.16. The maximum Gasteiger partial charge on any atom is 0.171 e. The van der Waals surface area contributed by atoms with E-state index < -0.39 is 0 Å². The van der Waals surface area contributed by atoms with E-state index in [-0.39, 0.29) is 0 Å². The van der Waals surface area contributed by atoms with E-state index in [1.54, 1.807) is 17.9 Å². The summed E-state index contributed by atoms with van der Waals surface area (Å²) in [6.45, 7) is 0. The second-order valence-electron chi connectivity index (χ2n) is 2.65. The summed E-state index contributed by atoms with van der Waals surface area (Å²) in [6, 6.07) is 0. The highest BCUT2D eigenvalue weighted by atomic mass is 79.9. The number of hydrogen-bond donors (Lipinski definition) is 0. The average Bonchev–Trinajstić information content (AvgIpc) is 2.75. The maximum atomic E-state index is 10.4. The van der Waals surface area contributed by atoms with Gasteiger partial charge in [-0.25, -0.2) is 4.68 Å². The van der Waals surface area contributed by atoms with Gasteiger partial charge >= 0.3 is 0 Å². The second-order valence-corrected chi connectivity index (χ2v) is 3.40. The van der Waals surface area contributed by atoms with Crippen LogP contribution in [-0.4, -0.2) is 31.1 Å². The van der Waals surface area contributed by atoms with Crippen LogP contribution in [0, 0.1) is 0 Å². The molecule has 14 heavy (non-hydrogen) atoms. The molecule has 0 amide bonds. The van der Waals surface area contributed by atoms with Crippen molar-refractivity contribution >= 4 is 22.2 Å². The van der Waals surface area contributed by atoms with Crippen LogP contribution in [0.5, 0.6) is 0 Å². The van der Waals surface area contributed by atoms with Crippen molar-refractivity contribution in [3.63, 3.8) is 0 Å². The predicted molar refractivity (Wildman–Crippen MR) is 51.2 cm³/mol. The molecule has 0 saturated carbocycles. The Labute approximate surface area is 87.7 Å². The second kappa shape index (κ2) is 3.33. The molecule has 2 aromatic heterocycles. The number of aldehydes is 1. The first-order chi connectivity index (χ1) is 6.72. The molecule has 0 aliphatic rings. The smallest absolute Gasteiger partial charge is 0.171 e. The minimum atomic E-state index is 0.292. The van der Waals surface area contributed by atoms with Crippen LogP contribution < -0.4 is 0 Å². The first-order valence-electron chi connectivity index (χ1n) is 3.78. The summed E-state index contributed by atoms with van der Waals surface area (Å²) in [7, 11) is 1.80. The third kappa shape index (κ3) is 1.35. The lowest BCUT2D eigenvalue weighted by molar-refractivity contribution is 0.111. The highest BCUT2D eigenvalue weighted by molar-refractivity contribution is 9.10. The Morgan fingerprint density at radius 3 is 2.86 bits per heavy atom. The molecule has 0 aliphatic heterocycles. The van der Waals surface area contributed by atoms with Gasteiger partial charge < -0.3 is 0 Å². The normalized spacial score (nSPS) is 10.4. The highest BCUT2D eigenvalue weighted by Crippen LogP contribution is 2.18.